The number of aromatic nitrogens is 4. The molecule has 0 aliphatic carbocycles. The molecule has 3 aromatic carbocycles. The molecule has 0 spiro atoms. The number of terminal acetylenes is 1. The largest absolute Gasteiger partial charge is 0.508 e. The van der Waals surface area contributed by atoms with E-state index in [1.807, 2.05) is 4.90 Å². The van der Waals surface area contributed by atoms with Crippen LogP contribution >= 0.6 is 0 Å². The standard InChI is InChI=1S/C39H37F6N7O2/c1-3-26-29(41)8-5-21-13-25(53)14-27(30(21)26)31-33(42)35-32(28-19-49(2)48-34(28)31)36(52-23-6-7-24(52)18-50(17-23)12-10-39(43,44)45)47-37(46-35)54-20-38-9-4-11-51(38)16-22(40)15-38/h1,5,8,13-14,19,22-24,53H,4,6-7,9-12,15-18,20H2,2H3/t22-,23-,24+,38+/m1/s1. The van der Waals surface area contributed by atoms with Gasteiger partial charge < -0.3 is 14.7 Å². The molecular formula is C39H37F6N7O2. The predicted molar refractivity (Wildman–Crippen MR) is 191 cm³/mol. The van der Waals surface area contributed by atoms with Crippen LogP contribution in [-0.2, 0) is 7.05 Å². The van der Waals surface area contributed by atoms with E-state index in [4.69, 9.17) is 16.1 Å². The minimum atomic E-state index is -4.28. The number of rotatable bonds is 7. The SMILES string of the molecule is C#Cc1c(F)ccc2cc(O)cc(-c3c(F)c4nc(OC[C@@]56CCCN5C[C@H](F)C6)nc(N5[C@@H]6CC[C@H]5CN(CCC(F)(F)F)C6)c4c4cn(C)nc34)c12. The Hall–Kier alpha value is -4.81. The highest BCUT2D eigenvalue weighted by atomic mass is 19.4. The van der Waals surface area contributed by atoms with Gasteiger partial charge in [0.15, 0.2) is 5.82 Å². The van der Waals surface area contributed by atoms with Crippen LogP contribution in [0.25, 0.3) is 43.7 Å². The van der Waals surface area contributed by atoms with E-state index >= 15 is 8.78 Å². The number of anilines is 1. The number of halogens is 6. The van der Waals surface area contributed by atoms with Crippen molar-refractivity contribution in [2.24, 2.45) is 7.05 Å². The molecule has 0 saturated carbocycles. The Balaban J connectivity index is 1.25. The van der Waals surface area contributed by atoms with Gasteiger partial charge >= 0.3 is 12.2 Å². The maximum absolute atomic E-state index is 17.7. The number of nitrogens with zero attached hydrogens (tertiary/aromatic N) is 7. The summed E-state index contributed by atoms with van der Waals surface area (Å²) in [6.45, 7) is 1.73. The van der Waals surface area contributed by atoms with Gasteiger partial charge in [0.25, 0.3) is 0 Å². The van der Waals surface area contributed by atoms with E-state index in [0.29, 0.717) is 60.9 Å². The lowest BCUT2D eigenvalue weighted by Gasteiger charge is -2.42. The van der Waals surface area contributed by atoms with Gasteiger partial charge in [-0.3, -0.25) is 14.5 Å². The quantitative estimate of drug-likeness (QED) is 0.143. The maximum Gasteiger partial charge on any atom is 0.390 e. The summed E-state index contributed by atoms with van der Waals surface area (Å²) in [4.78, 5) is 15.6. The Kier molecular flexibility index (Phi) is 8.17. The van der Waals surface area contributed by atoms with Gasteiger partial charge in [-0.25, -0.2) is 13.2 Å². The summed E-state index contributed by atoms with van der Waals surface area (Å²) in [5.41, 5.74) is -0.530. The van der Waals surface area contributed by atoms with E-state index in [2.05, 4.69) is 25.8 Å². The van der Waals surface area contributed by atoms with Crippen molar-refractivity contribution in [1.82, 2.24) is 29.5 Å². The fourth-order valence-corrected chi connectivity index (χ4v) is 9.63. The van der Waals surface area contributed by atoms with Crippen LogP contribution in [0.4, 0.5) is 32.2 Å². The number of alkyl halides is 4. The zero-order chi connectivity index (χ0) is 37.7. The number of benzene rings is 3. The highest BCUT2D eigenvalue weighted by molar-refractivity contribution is 6.18. The first-order valence-electron chi connectivity index (χ1n) is 18.2. The number of aryl methyl sites for hydroxylation is 1. The molecule has 4 fully saturated rings. The molecule has 54 heavy (non-hydrogen) atoms. The minimum absolute atomic E-state index is 0.0618. The second kappa shape index (κ2) is 12.6. The third-order valence-corrected chi connectivity index (χ3v) is 11.8. The molecule has 9 nitrogen and oxygen atoms in total. The molecule has 6 heterocycles. The molecule has 0 unspecified atom stereocenters. The molecule has 5 aromatic rings. The van der Waals surface area contributed by atoms with Gasteiger partial charge in [-0.1, -0.05) is 12.0 Å². The first-order chi connectivity index (χ1) is 25.8. The highest BCUT2D eigenvalue weighted by Gasteiger charge is 2.50. The van der Waals surface area contributed by atoms with Gasteiger partial charge in [0.1, 0.15) is 41.2 Å². The third kappa shape index (κ3) is 5.68. The van der Waals surface area contributed by atoms with Crippen LogP contribution in [0.2, 0.25) is 0 Å². The van der Waals surface area contributed by atoms with Crippen molar-refractivity contribution in [3.63, 3.8) is 0 Å². The number of phenolic OH excluding ortho intramolecular Hbond substituents is 1. The van der Waals surface area contributed by atoms with E-state index in [1.165, 1.54) is 28.9 Å². The van der Waals surface area contributed by atoms with Crippen molar-refractivity contribution in [2.75, 3.05) is 44.2 Å². The molecule has 1 N–H and O–H groups in total. The average Bonchev–Trinajstić information content (AvgIpc) is 3.85. The van der Waals surface area contributed by atoms with E-state index in [-0.39, 0.29) is 70.1 Å². The van der Waals surface area contributed by atoms with Crippen LogP contribution in [0.1, 0.15) is 44.1 Å². The van der Waals surface area contributed by atoms with Crippen LogP contribution in [0.3, 0.4) is 0 Å². The summed E-state index contributed by atoms with van der Waals surface area (Å²) in [7, 11) is 1.67. The maximum atomic E-state index is 17.7. The molecule has 282 valence electrons. The van der Waals surface area contributed by atoms with E-state index in [9.17, 15) is 22.7 Å². The predicted octanol–water partition coefficient (Wildman–Crippen LogP) is 6.86. The number of hydrogen-bond donors (Lipinski definition) is 1. The lowest BCUT2D eigenvalue weighted by atomic mass is 9.91. The molecular weight excluding hydrogens is 712 g/mol. The lowest BCUT2D eigenvalue weighted by Crippen LogP contribution is -2.54. The summed E-state index contributed by atoms with van der Waals surface area (Å²) in [5.74, 6) is 1.03. The molecule has 15 heteroatoms. The van der Waals surface area contributed by atoms with Crippen molar-refractivity contribution in [3.05, 3.63) is 47.7 Å². The van der Waals surface area contributed by atoms with Crippen LogP contribution in [0, 0.1) is 24.0 Å². The second-order valence-corrected chi connectivity index (χ2v) is 15.2. The summed E-state index contributed by atoms with van der Waals surface area (Å²) in [6, 6.07) is 4.82. The van der Waals surface area contributed by atoms with Crippen LogP contribution in [0.5, 0.6) is 11.8 Å². The molecule has 0 radical (unpaired) electrons. The average molecular weight is 750 g/mol. The molecule has 4 aliphatic heterocycles. The van der Waals surface area contributed by atoms with Crippen molar-refractivity contribution in [2.45, 2.75) is 68.5 Å². The lowest BCUT2D eigenvalue weighted by molar-refractivity contribution is -0.138. The summed E-state index contributed by atoms with van der Waals surface area (Å²) in [6.07, 6.45) is 4.59. The molecule has 4 atom stereocenters. The summed E-state index contributed by atoms with van der Waals surface area (Å²) < 4.78 is 95.0. The Morgan fingerprint density at radius 1 is 1.06 bits per heavy atom. The van der Waals surface area contributed by atoms with Gasteiger partial charge in [-0.15, -0.1) is 6.42 Å². The van der Waals surface area contributed by atoms with Crippen molar-refractivity contribution in [1.29, 1.82) is 0 Å². The van der Waals surface area contributed by atoms with E-state index in [0.717, 1.165) is 19.4 Å². The number of likely N-dealkylation sites (tertiary alicyclic amines) is 1. The molecule has 2 aromatic heterocycles. The Morgan fingerprint density at radius 2 is 1.83 bits per heavy atom. The molecule has 4 saturated heterocycles. The fourth-order valence-electron chi connectivity index (χ4n) is 9.63. The third-order valence-electron chi connectivity index (χ3n) is 11.8. The van der Waals surface area contributed by atoms with Gasteiger partial charge in [-0.05, 0) is 61.4 Å². The number of hydrogen-bond acceptors (Lipinski definition) is 8. The number of aromatic hydroxyl groups is 1. The Morgan fingerprint density at radius 3 is 2.57 bits per heavy atom. The topological polar surface area (TPSA) is 82.8 Å². The number of ether oxygens (including phenoxy) is 1. The molecule has 4 aliphatic rings. The van der Waals surface area contributed by atoms with E-state index < -0.39 is 35.9 Å². The fraction of sp³-hybridized carbons (Fsp3) is 0.462. The van der Waals surface area contributed by atoms with Crippen LogP contribution in [0.15, 0.2) is 30.5 Å². The van der Waals surface area contributed by atoms with E-state index in [1.54, 1.807) is 13.2 Å². The van der Waals surface area contributed by atoms with Crippen molar-refractivity contribution in [3.8, 4) is 35.2 Å². The van der Waals surface area contributed by atoms with Gasteiger partial charge in [-0.2, -0.15) is 28.2 Å². The van der Waals surface area contributed by atoms with Crippen LogP contribution < -0.4 is 9.64 Å². The summed E-state index contributed by atoms with van der Waals surface area (Å²) in [5, 5.41) is 16.9. The van der Waals surface area contributed by atoms with Crippen LogP contribution in [-0.4, -0.2) is 104 Å². The summed E-state index contributed by atoms with van der Waals surface area (Å²) >= 11 is 0. The molecule has 0 amide bonds. The second-order valence-electron chi connectivity index (χ2n) is 15.2. The Labute approximate surface area is 306 Å². The number of fused-ring (bicyclic) bond motifs is 7. The van der Waals surface area contributed by atoms with Gasteiger partial charge in [0.2, 0.25) is 0 Å². The monoisotopic (exact) mass is 749 g/mol. The Bertz CT molecular complexity index is 2360. The van der Waals surface area contributed by atoms with Gasteiger partial charge in [0, 0.05) is 74.3 Å². The smallest absolute Gasteiger partial charge is 0.390 e. The van der Waals surface area contributed by atoms with Crippen molar-refractivity contribution < 1.29 is 36.2 Å². The number of piperazine rings is 1. The first kappa shape index (κ1) is 34.9. The van der Waals surface area contributed by atoms with Gasteiger partial charge in [0.05, 0.1) is 22.9 Å². The molecule has 2 bridgehead atoms. The highest BCUT2D eigenvalue weighted by Crippen LogP contribution is 2.47. The zero-order valence-corrected chi connectivity index (χ0v) is 29.4. The molecule has 9 rings (SSSR count). The minimum Gasteiger partial charge on any atom is -0.508 e. The van der Waals surface area contributed by atoms with Crippen molar-refractivity contribution >= 4 is 38.4 Å². The number of phenols is 1. The zero-order valence-electron chi connectivity index (χ0n) is 29.4. The normalized spacial score (nSPS) is 24.6. The first-order valence-corrected chi connectivity index (χ1v) is 18.2.